The van der Waals surface area contributed by atoms with E-state index in [1.807, 2.05) is 19.1 Å². The average molecular weight is 288 g/mol. The third-order valence-electron chi connectivity index (χ3n) is 3.36. The molecule has 3 nitrogen and oxygen atoms in total. The number of benzene rings is 1. The van der Waals surface area contributed by atoms with Crippen LogP contribution in [0.1, 0.15) is 31.2 Å². The van der Waals surface area contributed by atoms with E-state index >= 15 is 0 Å². The fourth-order valence-electron chi connectivity index (χ4n) is 2.31. The zero-order chi connectivity index (χ0) is 13.2. The summed E-state index contributed by atoms with van der Waals surface area (Å²) < 4.78 is 27.3. The van der Waals surface area contributed by atoms with E-state index in [1.54, 1.807) is 12.1 Å². The van der Waals surface area contributed by atoms with Gasteiger partial charge in [-0.3, -0.25) is 0 Å². The van der Waals surface area contributed by atoms with Crippen LogP contribution in [0.2, 0.25) is 0 Å². The lowest BCUT2D eigenvalue weighted by molar-refractivity contribution is 0.416. The quantitative estimate of drug-likeness (QED) is 0.869. The third-order valence-corrected chi connectivity index (χ3v) is 5.48. The first-order valence-electron chi connectivity index (χ1n) is 6.21. The smallest absolute Gasteiger partial charge is 0.208 e. The number of aryl methyl sites for hydroxylation is 1. The Kier molecular flexibility index (Phi) is 4.30. The Labute approximate surface area is 114 Å². The Balaban J connectivity index is 2.11. The minimum absolute atomic E-state index is 0.0182. The molecular weight excluding hydrogens is 270 g/mol. The van der Waals surface area contributed by atoms with Gasteiger partial charge in [-0.1, -0.05) is 18.2 Å². The first kappa shape index (κ1) is 13.8. The van der Waals surface area contributed by atoms with Gasteiger partial charge in [0.25, 0.3) is 0 Å². The summed E-state index contributed by atoms with van der Waals surface area (Å²) in [6, 6.07) is 7.06. The van der Waals surface area contributed by atoms with Crippen molar-refractivity contribution in [3.63, 3.8) is 0 Å². The highest BCUT2D eigenvalue weighted by atomic mass is 35.5. The maximum Gasteiger partial charge on any atom is 0.241 e. The lowest BCUT2D eigenvalue weighted by Crippen LogP contribution is -2.38. The van der Waals surface area contributed by atoms with E-state index in [0.29, 0.717) is 4.90 Å². The van der Waals surface area contributed by atoms with Gasteiger partial charge >= 0.3 is 0 Å². The largest absolute Gasteiger partial charge is 0.241 e. The van der Waals surface area contributed by atoms with Crippen molar-refractivity contribution in [2.24, 2.45) is 0 Å². The van der Waals surface area contributed by atoms with Crippen LogP contribution in [0.4, 0.5) is 0 Å². The van der Waals surface area contributed by atoms with Crippen LogP contribution in [-0.2, 0) is 10.0 Å². The molecule has 1 aromatic carbocycles. The zero-order valence-corrected chi connectivity index (χ0v) is 12.0. The number of halogens is 1. The van der Waals surface area contributed by atoms with Gasteiger partial charge in [0.15, 0.2) is 0 Å². The molecule has 0 saturated heterocycles. The Hall–Kier alpha value is -0.580. The Morgan fingerprint density at radius 3 is 2.39 bits per heavy atom. The van der Waals surface area contributed by atoms with E-state index in [0.717, 1.165) is 31.2 Å². The molecule has 0 aliphatic heterocycles. The molecule has 1 aromatic rings. The summed E-state index contributed by atoms with van der Waals surface area (Å²) in [5.41, 5.74) is 0.774. The molecule has 1 aliphatic carbocycles. The highest BCUT2D eigenvalue weighted by Crippen LogP contribution is 2.24. The number of alkyl halides is 1. The van der Waals surface area contributed by atoms with Crippen LogP contribution in [0.3, 0.4) is 0 Å². The summed E-state index contributed by atoms with van der Waals surface area (Å²) in [4.78, 5) is 0.373. The minimum atomic E-state index is -3.40. The van der Waals surface area contributed by atoms with Crippen molar-refractivity contribution >= 4 is 21.6 Å². The molecule has 0 unspecified atom stereocenters. The summed E-state index contributed by atoms with van der Waals surface area (Å²) in [5, 5.41) is 0.198. The monoisotopic (exact) mass is 287 g/mol. The highest BCUT2D eigenvalue weighted by molar-refractivity contribution is 7.89. The summed E-state index contributed by atoms with van der Waals surface area (Å²) in [6.07, 6.45) is 3.39. The zero-order valence-electron chi connectivity index (χ0n) is 10.4. The summed E-state index contributed by atoms with van der Waals surface area (Å²) >= 11 is 6.02. The SMILES string of the molecule is Cc1ccccc1S(=O)(=O)NC1CCC(Cl)CC1. The molecule has 100 valence electrons. The summed E-state index contributed by atoms with van der Waals surface area (Å²) in [6.45, 7) is 1.81. The molecule has 0 atom stereocenters. The van der Waals surface area contributed by atoms with Gasteiger partial charge in [0.05, 0.1) is 4.90 Å². The van der Waals surface area contributed by atoms with E-state index in [-0.39, 0.29) is 11.4 Å². The second-order valence-corrected chi connectivity index (χ2v) is 7.14. The summed E-state index contributed by atoms with van der Waals surface area (Å²) in [7, 11) is -3.40. The van der Waals surface area contributed by atoms with Crippen molar-refractivity contribution in [1.82, 2.24) is 4.72 Å². The van der Waals surface area contributed by atoms with Crippen LogP contribution in [0.25, 0.3) is 0 Å². The molecule has 18 heavy (non-hydrogen) atoms. The second-order valence-electron chi connectivity index (χ2n) is 4.84. The normalized spacial score (nSPS) is 25.0. The molecule has 1 N–H and O–H groups in total. The second kappa shape index (κ2) is 5.59. The Bertz CT molecular complexity index is 507. The predicted molar refractivity (Wildman–Crippen MR) is 73.4 cm³/mol. The maximum absolute atomic E-state index is 12.3. The lowest BCUT2D eigenvalue weighted by atomic mass is 9.96. The van der Waals surface area contributed by atoms with Crippen LogP contribution < -0.4 is 4.72 Å². The molecule has 0 aromatic heterocycles. The van der Waals surface area contributed by atoms with Gasteiger partial charge in [0.2, 0.25) is 10.0 Å². The first-order chi connectivity index (χ1) is 8.49. The van der Waals surface area contributed by atoms with Crippen molar-refractivity contribution in [2.75, 3.05) is 0 Å². The minimum Gasteiger partial charge on any atom is -0.208 e. The van der Waals surface area contributed by atoms with E-state index < -0.39 is 10.0 Å². The van der Waals surface area contributed by atoms with Crippen molar-refractivity contribution in [2.45, 2.75) is 48.9 Å². The van der Waals surface area contributed by atoms with Gasteiger partial charge in [-0.25, -0.2) is 13.1 Å². The van der Waals surface area contributed by atoms with Gasteiger partial charge in [0, 0.05) is 11.4 Å². The third kappa shape index (κ3) is 3.25. The van der Waals surface area contributed by atoms with E-state index in [1.165, 1.54) is 0 Å². The molecular formula is C13H18ClNO2S. The van der Waals surface area contributed by atoms with Crippen LogP contribution in [-0.4, -0.2) is 19.8 Å². The molecule has 0 radical (unpaired) electrons. The van der Waals surface area contributed by atoms with Gasteiger partial charge in [-0.05, 0) is 44.2 Å². The number of sulfonamides is 1. The first-order valence-corrected chi connectivity index (χ1v) is 8.13. The predicted octanol–water partition coefficient (Wildman–Crippen LogP) is 2.82. The van der Waals surface area contributed by atoms with E-state index in [4.69, 9.17) is 11.6 Å². The molecule has 1 aliphatic rings. The maximum atomic E-state index is 12.3. The molecule has 5 heteroatoms. The number of hydrogen-bond donors (Lipinski definition) is 1. The Morgan fingerprint density at radius 1 is 1.17 bits per heavy atom. The number of hydrogen-bond acceptors (Lipinski definition) is 2. The molecule has 1 fully saturated rings. The van der Waals surface area contributed by atoms with E-state index in [9.17, 15) is 8.42 Å². The topological polar surface area (TPSA) is 46.2 Å². The van der Waals surface area contributed by atoms with Gasteiger partial charge in [-0.2, -0.15) is 0 Å². The highest BCUT2D eigenvalue weighted by Gasteiger charge is 2.25. The number of nitrogens with one attached hydrogen (secondary N) is 1. The fourth-order valence-corrected chi connectivity index (χ4v) is 4.11. The van der Waals surface area contributed by atoms with Crippen molar-refractivity contribution in [3.05, 3.63) is 29.8 Å². The van der Waals surface area contributed by atoms with Gasteiger partial charge in [0.1, 0.15) is 0 Å². The molecule has 1 saturated carbocycles. The van der Waals surface area contributed by atoms with E-state index in [2.05, 4.69) is 4.72 Å². The van der Waals surface area contributed by atoms with Crippen LogP contribution in [0.15, 0.2) is 29.2 Å². The van der Waals surface area contributed by atoms with Crippen molar-refractivity contribution < 1.29 is 8.42 Å². The fraction of sp³-hybridized carbons (Fsp3) is 0.538. The molecule has 0 spiro atoms. The Morgan fingerprint density at radius 2 is 1.78 bits per heavy atom. The van der Waals surface area contributed by atoms with Gasteiger partial charge in [-0.15, -0.1) is 11.6 Å². The van der Waals surface area contributed by atoms with Crippen LogP contribution >= 0.6 is 11.6 Å². The molecule has 0 amide bonds. The van der Waals surface area contributed by atoms with Crippen LogP contribution in [0.5, 0.6) is 0 Å². The average Bonchev–Trinajstić information content (AvgIpc) is 2.32. The van der Waals surface area contributed by atoms with Crippen molar-refractivity contribution in [3.8, 4) is 0 Å². The lowest BCUT2D eigenvalue weighted by Gasteiger charge is -2.25. The van der Waals surface area contributed by atoms with Crippen molar-refractivity contribution in [1.29, 1.82) is 0 Å². The van der Waals surface area contributed by atoms with Gasteiger partial charge < -0.3 is 0 Å². The molecule has 0 heterocycles. The molecule has 0 bridgehead atoms. The standard InChI is InChI=1S/C13H18ClNO2S/c1-10-4-2-3-5-13(10)18(16,17)15-12-8-6-11(14)7-9-12/h2-5,11-12,15H,6-9H2,1H3. The van der Waals surface area contributed by atoms with Crippen LogP contribution in [0, 0.1) is 6.92 Å². The summed E-state index contributed by atoms with van der Waals surface area (Å²) in [5.74, 6) is 0. The molecule has 2 rings (SSSR count). The number of rotatable bonds is 3.